The molecule has 2 aromatic carbocycles. The van der Waals surface area contributed by atoms with Crippen molar-refractivity contribution >= 4 is 23.2 Å². The zero-order valence-corrected chi connectivity index (χ0v) is 13.8. The molecule has 0 saturated carbocycles. The normalized spacial score (nSPS) is 12.0. The van der Waals surface area contributed by atoms with Crippen molar-refractivity contribution in [3.63, 3.8) is 0 Å². The fourth-order valence-corrected chi connectivity index (χ4v) is 2.47. The summed E-state index contributed by atoms with van der Waals surface area (Å²) in [5.41, 5.74) is 2.69. The number of benzene rings is 2. The Morgan fingerprint density at radius 1 is 1.22 bits per heavy atom. The summed E-state index contributed by atoms with van der Waals surface area (Å²) in [4.78, 5) is 12.1. The third kappa shape index (κ3) is 5.36. The molecule has 0 aliphatic heterocycles. The molecule has 3 N–H and O–H groups in total. The van der Waals surface area contributed by atoms with Crippen LogP contribution in [-0.2, 0) is 4.79 Å². The first kappa shape index (κ1) is 17.5. The topological polar surface area (TPSA) is 61.4 Å². The van der Waals surface area contributed by atoms with Gasteiger partial charge in [-0.25, -0.2) is 0 Å². The minimum Gasteiger partial charge on any atom is -0.396 e. The van der Waals surface area contributed by atoms with E-state index in [1.54, 1.807) is 6.07 Å². The first-order valence-corrected chi connectivity index (χ1v) is 7.93. The first-order valence-electron chi connectivity index (χ1n) is 7.55. The zero-order valence-electron chi connectivity index (χ0n) is 13.1. The van der Waals surface area contributed by atoms with Crippen molar-refractivity contribution in [1.29, 1.82) is 0 Å². The van der Waals surface area contributed by atoms with Crippen LogP contribution < -0.4 is 10.6 Å². The molecular weight excluding hydrogens is 312 g/mol. The van der Waals surface area contributed by atoms with E-state index < -0.39 is 0 Å². The maximum atomic E-state index is 12.1. The van der Waals surface area contributed by atoms with E-state index in [1.165, 1.54) is 0 Å². The highest BCUT2D eigenvalue weighted by molar-refractivity contribution is 6.31. The van der Waals surface area contributed by atoms with Crippen molar-refractivity contribution in [2.45, 2.75) is 19.4 Å². The number of anilines is 1. The number of aryl methyl sites for hydroxylation is 1. The predicted molar refractivity (Wildman–Crippen MR) is 93.7 cm³/mol. The Kier molecular flexibility index (Phi) is 6.59. The average molecular weight is 333 g/mol. The van der Waals surface area contributed by atoms with E-state index in [4.69, 9.17) is 11.6 Å². The van der Waals surface area contributed by atoms with Gasteiger partial charge in [0.25, 0.3) is 0 Å². The molecule has 0 radical (unpaired) electrons. The molecule has 0 fully saturated rings. The summed E-state index contributed by atoms with van der Waals surface area (Å²) in [5, 5.41) is 15.8. The SMILES string of the molecule is Cc1ccc(NC(=O)CNC(CCO)c2ccccc2)cc1Cl. The predicted octanol–water partition coefficient (Wildman–Crippen LogP) is 3.30. The van der Waals surface area contributed by atoms with Crippen molar-refractivity contribution in [3.8, 4) is 0 Å². The van der Waals surface area contributed by atoms with Gasteiger partial charge in [-0.05, 0) is 36.6 Å². The molecule has 0 spiro atoms. The lowest BCUT2D eigenvalue weighted by Gasteiger charge is -2.18. The van der Waals surface area contributed by atoms with Gasteiger partial charge in [0.1, 0.15) is 0 Å². The van der Waals surface area contributed by atoms with Crippen LogP contribution in [0.5, 0.6) is 0 Å². The van der Waals surface area contributed by atoms with Crippen LogP contribution >= 0.6 is 11.6 Å². The minimum absolute atomic E-state index is 0.0573. The summed E-state index contributed by atoms with van der Waals surface area (Å²) in [7, 11) is 0. The van der Waals surface area contributed by atoms with Crippen molar-refractivity contribution in [3.05, 3.63) is 64.7 Å². The maximum Gasteiger partial charge on any atom is 0.238 e. The summed E-state index contributed by atoms with van der Waals surface area (Å²) >= 11 is 6.05. The van der Waals surface area contributed by atoms with Gasteiger partial charge in [0, 0.05) is 23.4 Å². The summed E-state index contributed by atoms with van der Waals surface area (Å²) in [5.74, 6) is -0.149. The van der Waals surface area contributed by atoms with Crippen LogP contribution in [0.3, 0.4) is 0 Å². The van der Waals surface area contributed by atoms with Gasteiger partial charge in [-0.1, -0.05) is 48.0 Å². The molecule has 1 atom stereocenters. The number of carbonyl (C=O) groups excluding carboxylic acids is 1. The highest BCUT2D eigenvalue weighted by Gasteiger charge is 2.12. The van der Waals surface area contributed by atoms with Gasteiger partial charge in [-0.15, -0.1) is 0 Å². The van der Waals surface area contributed by atoms with Crippen LogP contribution in [0, 0.1) is 6.92 Å². The number of carbonyl (C=O) groups is 1. The molecule has 0 heterocycles. The lowest BCUT2D eigenvalue weighted by atomic mass is 10.0. The molecule has 1 unspecified atom stereocenters. The molecule has 1 amide bonds. The van der Waals surface area contributed by atoms with E-state index in [0.29, 0.717) is 17.1 Å². The molecule has 0 aromatic heterocycles. The number of rotatable bonds is 7. The van der Waals surface area contributed by atoms with Gasteiger partial charge in [0.15, 0.2) is 0 Å². The second-order valence-electron chi connectivity index (χ2n) is 5.37. The number of nitrogens with one attached hydrogen (secondary N) is 2. The second kappa shape index (κ2) is 8.67. The Bertz CT molecular complexity index is 647. The number of hydrogen-bond donors (Lipinski definition) is 3. The van der Waals surface area contributed by atoms with E-state index in [1.807, 2.05) is 49.4 Å². The summed E-state index contributed by atoms with van der Waals surface area (Å²) in [6.07, 6.45) is 0.549. The lowest BCUT2D eigenvalue weighted by molar-refractivity contribution is -0.115. The molecule has 5 heteroatoms. The van der Waals surface area contributed by atoms with Crippen LogP contribution in [0.4, 0.5) is 5.69 Å². The van der Waals surface area contributed by atoms with E-state index in [2.05, 4.69) is 10.6 Å². The van der Waals surface area contributed by atoms with Crippen LogP contribution in [0.2, 0.25) is 5.02 Å². The number of aliphatic hydroxyl groups excluding tert-OH is 1. The molecule has 2 rings (SSSR count). The van der Waals surface area contributed by atoms with Crippen molar-refractivity contribution in [2.75, 3.05) is 18.5 Å². The molecule has 4 nitrogen and oxygen atoms in total. The Balaban J connectivity index is 1.92. The van der Waals surface area contributed by atoms with Gasteiger partial charge in [0.2, 0.25) is 5.91 Å². The molecule has 122 valence electrons. The quantitative estimate of drug-likeness (QED) is 0.729. The molecule has 2 aromatic rings. The summed E-state index contributed by atoms with van der Waals surface area (Å²) < 4.78 is 0. The summed E-state index contributed by atoms with van der Waals surface area (Å²) in [6, 6.07) is 15.1. The smallest absolute Gasteiger partial charge is 0.238 e. The Morgan fingerprint density at radius 2 is 1.96 bits per heavy atom. The van der Waals surface area contributed by atoms with Gasteiger partial charge >= 0.3 is 0 Å². The highest BCUT2D eigenvalue weighted by atomic mass is 35.5. The molecular formula is C18H21ClN2O2. The molecule has 0 bridgehead atoms. The second-order valence-corrected chi connectivity index (χ2v) is 5.78. The van der Waals surface area contributed by atoms with E-state index in [-0.39, 0.29) is 25.1 Å². The van der Waals surface area contributed by atoms with Crippen molar-refractivity contribution in [1.82, 2.24) is 5.32 Å². The Labute approximate surface area is 141 Å². The van der Waals surface area contributed by atoms with Crippen LogP contribution in [-0.4, -0.2) is 24.2 Å². The van der Waals surface area contributed by atoms with Gasteiger partial charge in [-0.2, -0.15) is 0 Å². The highest BCUT2D eigenvalue weighted by Crippen LogP contribution is 2.20. The molecule has 0 saturated heterocycles. The van der Waals surface area contributed by atoms with E-state index >= 15 is 0 Å². The Morgan fingerprint density at radius 3 is 2.61 bits per heavy atom. The number of aliphatic hydroxyl groups is 1. The molecule has 0 aliphatic rings. The monoisotopic (exact) mass is 332 g/mol. The van der Waals surface area contributed by atoms with Crippen molar-refractivity contribution < 1.29 is 9.90 Å². The average Bonchev–Trinajstić information content (AvgIpc) is 2.56. The third-order valence-corrected chi connectivity index (χ3v) is 3.99. The van der Waals surface area contributed by atoms with Gasteiger partial charge in [-0.3, -0.25) is 4.79 Å². The minimum atomic E-state index is -0.149. The first-order chi connectivity index (χ1) is 11.1. The molecule has 23 heavy (non-hydrogen) atoms. The maximum absolute atomic E-state index is 12.1. The molecule has 0 aliphatic carbocycles. The zero-order chi connectivity index (χ0) is 16.7. The van der Waals surface area contributed by atoms with Crippen LogP contribution in [0.1, 0.15) is 23.6 Å². The van der Waals surface area contributed by atoms with E-state index in [9.17, 15) is 9.90 Å². The van der Waals surface area contributed by atoms with Crippen LogP contribution in [0.15, 0.2) is 48.5 Å². The third-order valence-electron chi connectivity index (χ3n) is 3.58. The number of halogens is 1. The van der Waals surface area contributed by atoms with Crippen molar-refractivity contribution in [2.24, 2.45) is 0 Å². The van der Waals surface area contributed by atoms with E-state index in [0.717, 1.165) is 11.1 Å². The Hall–Kier alpha value is -1.88. The largest absolute Gasteiger partial charge is 0.396 e. The summed E-state index contributed by atoms with van der Waals surface area (Å²) in [6.45, 7) is 2.13. The number of amides is 1. The van der Waals surface area contributed by atoms with Gasteiger partial charge in [0.05, 0.1) is 6.54 Å². The van der Waals surface area contributed by atoms with Gasteiger partial charge < -0.3 is 15.7 Å². The fraction of sp³-hybridized carbons (Fsp3) is 0.278. The fourth-order valence-electron chi connectivity index (χ4n) is 2.29. The standard InChI is InChI=1S/C18H21ClN2O2/c1-13-7-8-15(11-16(13)19)21-18(23)12-20-17(9-10-22)14-5-3-2-4-6-14/h2-8,11,17,20,22H,9-10,12H2,1H3,(H,21,23). The lowest BCUT2D eigenvalue weighted by Crippen LogP contribution is -2.31. The van der Waals surface area contributed by atoms with Crippen LogP contribution in [0.25, 0.3) is 0 Å². The number of hydrogen-bond acceptors (Lipinski definition) is 3.